The van der Waals surface area contributed by atoms with Crippen molar-refractivity contribution in [1.29, 1.82) is 0 Å². The van der Waals surface area contributed by atoms with Gasteiger partial charge in [0.1, 0.15) is 11.9 Å². The Bertz CT molecular complexity index is 891. The van der Waals surface area contributed by atoms with Crippen LogP contribution in [0.2, 0.25) is 10.0 Å². The normalized spacial score (nSPS) is 12.1. The van der Waals surface area contributed by atoms with Gasteiger partial charge in [-0.1, -0.05) is 77.1 Å². The lowest BCUT2D eigenvalue weighted by Gasteiger charge is -2.27. The standard InChI is InChI=1S/C19H18Cl5N3O2S/c1-2-11-3-6-13(7-4-11)29-10-16(28)26-17(19(22,23)24)27-18(30)25-12-5-8-14(20)15(21)9-12/h3-9,17H,2,10H2,1H3,(H,26,28)(H2,25,27,30). The first-order valence-corrected chi connectivity index (χ1v) is 11.0. The molecule has 30 heavy (non-hydrogen) atoms. The average molecular weight is 530 g/mol. The van der Waals surface area contributed by atoms with Crippen LogP contribution in [-0.4, -0.2) is 27.6 Å². The summed E-state index contributed by atoms with van der Waals surface area (Å²) < 4.78 is 3.57. The van der Waals surface area contributed by atoms with E-state index in [-0.39, 0.29) is 11.7 Å². The summed E-state index contributed by atoms with van der Waals surface area (Å²) in [5, 5.41) is 9.00. The minimum Gasteiger partial charge on any atom is -0.484 e. The van der Waals surface area contributed by atoms with E-state index in [0.29, 0.717) is 21.5 Å². The van der Waals surface area contributed by atoms with Crippen molar-refractivity contribution < 1.29 is 9.53 Å². The molecule has 2 aromatic carbocycles. The Hall–Kier alpha value is -1.15. The number of hydrogen-bond donors (Lipinski definition) is 3. The lowest BCUT2D eigenvalue weighted by molar-refractivity contribution is -0.123. The van der Waals surface area contributed by atoms with Crippen molar-refractivity contribution in [2.45, 2.75) is 23.3 Å². The van der Waals surface area contributed by atoms with Gasteiger partial charge in [-0.3, -0.25) is 4.79 Å². The number of halogens is 5. The van der Waals surface area contributed by atoms with E-state index in [1.165, 1.54) is 0 Å². The van der Waals surface area contributed by atoms with E-state index < -0.39 is 15.9 Å². The van der Waals surface area contributed by atoms with Crippen LogP contribution in [0.3, 0.4) is 0 Å². The maximum Gasteiger partial charge on any atom is 0.259 e. The number of carbonyl (C=O) groups excluding carboxylic acids is 1. The molecule has 0 aliphatic rings. The zero-order valence-corrected chi connectivity index (χ0v) is 20.2. The third kappa shape index (κ3) is 8.17. The van der Waals surface area contributed by atoms with Gasteiger partial charge in [0.25, 0.3) is 5.91 Å². The first-order valence-electron chi connectivity index (χ1n) is 8.69. The molecule has 0 aliphatic heterocycles. The molecule has 0 radical (unpaired) electrons. The summed E-state index contributed by atoms with van der Waals surface area (Å²) in [6.07, 6.45) is -0.211. The highest BCUT2D eigenvalue weighted by Crippen LogP contribution is 2.29. The van der Waals surface area contributed by atoms with Gasteiger partial charge in [-0.2, -0.15) is 0 Å². The molecule has 0 bridgehead atoms. The lowest BCUT2D eigenvalue weighted by Crippen LogP contribution is -2.56. The molecule has 0 aliphatic carbocycles. The van der Waals surface area contributed by atoms with Gasteiger partial charge in [-0.05, 0) is 54.5 Å². The number of rotatable bonds is 7. The Labute approximate surface area is 205 Å². The minimum atomic E-state index is -1.89. The van der Waals surface area contributed by atoms with Gasteiger partial charge in [0, 0.05) is 5.69 Å². The number of carbonyl (C=O) groups is 1. The van der Waals surface area contributed by atoms with Gasteiger partial charge < -0.3 is 20.7 Å². The van der Waals surface area contributed by atoms with Crippen molar-refractivity contribution in [3.8, 4) is 5.75 Å². The van der Waals surface area contributed by atoms with Crippen LogP contribution in [0.4, 0.5) is 5.69 Å². The van der Waals surface area contributed by atoms with E-state index in [1.807, 2.05) is 19.1 Å². The summed E-state index contributed by atoms with van der Waals surface area (Å²) in [6.45, 7) is 1.78. The zero-order valence-electron chi connectivity index (χ0n) is 15.6. The molecule has 3 N–H and O–H groups in total. The average Bonchev–Trinajstić information content (AvgIpc) is 2.68. The molecule has 1 unspecified atom stereocenters. The van der Waals surface area contributed by atoms with E-state index in [1.54, 1.807) is 30.3 Å². The summed E-state index contributed by atoms with van der Waals surface area (Å²) in [7, 11) is 0. The third-order valence-electron chi connectivity index (χ3n) is 3.79. The van der Waals surface area contributed by atoms with E-state index in [9.17, 15) is 4.79 Å². The summed E-state index contributed by atoms with van der Waals surface area (Å²) in [6, 6.07) is 12.3. The summed E-state index contributed by atoms with van der Waals surface area (Å²) in [5.74, 6) is 0.0493. The molecule has 162 valence electrons. The van der Waals surface area contributed by atoms with Crippen LogP contribution >= 0.6 is 70.2 Å². The number of alkyl halides is 3. The van der Waals surface area contributed by atoms with Crippen LogP contribution in [0.1, 0.15) is 12.5 Å². The van der Waals surface area contributed by atoms with Crippen molar-refractivity contribution >= 4 is 86.9 Å². The highest BCUT2D eigenvalue weighted by Gasteiger charge is 2.34. The van der Waals surface area contributed by atoms with Gasteiger partial charge in [0.05, 0.1) is 10.0 Å². The topological polar surface area (TPSA) is 62.4 Å². The molecule has 1 amide bonds. The van der Waals surface area contributed by atoms with E-state index in [2.05, 4.69) is 16.0 Å². The highest BCUT2D eigenvalue weighted by atomic mass is 35.6. The highest BCUT2D eigenvalue weighted by molar-refractivity contribution is 7.80. The Morgan fingerprint density at radius 2 is 1.73 bits per heavy atom. The van der Waals surface area contributed by atoms with Crippen LogP contribution in [0.5, 0.6) is 5.75 Å². The zero-order chi connectivity index (χ0) is 22.3. The number of benzene rings is 2. The van der Waals surface area contributed by atoms with Gasteiger partial charge >= 0.3 is 0 Å². The van der Waals surface area contributed by atoms with Crippen molar-refractivity contribution in [2.24, 2.45) is 0 Å². The molecule has 2 rings (SSSR count). The SMILES string of the molecule is CCc1ccc(OCC(=O)NC(NC(=S)Nc2ccc(Cl)c(Cl)c2)C(Cl)(Cl)Cl)cc1. The van der Waals surface area contributed by atoms with E-state index in [4.69, 9.17) is 75.0 Å². The molecule has 0 saturated heterocycles. The first-order chi connectivity index (χ1) is 14.1. The number of nitrogens with one attached hydrogen (secondary N) is 3. The molecule has 0 fully saturated rings. The van der Waals surface area contributed by atoms with Crippen LogP contribution < -0.4 is 20.7 Å². The van der Waals surface area contributed by atoms with E-state index in [0.717, 1.165) is 12.0 Å². The Balaban J connectivity index is 1.93. The maximum absolute atomic E-state index is 12.3. The summed E-state index contributed by atoms with van der Waals surface area (Å²) in [5.41, 5.74) is 1.73. The van der Waals surface area contributed by atoms with Crippen molar-refractivity contribution in [3.63, 3.8) is 0 Å². The van der Waals surface area contributed by atoms with Gasteiger partial charge in [0.15, 0.2) is 11.7 Å². The number of anilines is 1. The second kappa shape index (κ2) is 11.5. The number of aryl methyl sites for hydroxylation is 1. The Morgan fingerprint density at radius 3 is 2.30 bits per heavy atom. The molecule has 0 spiro atoms. The first kappa shape index (κ1) is 25.1. The number of hydrogen-bond acceptors (Lipinski definition) is 3. The molecular formula is C19H18Cl5N3O2S. The smallest absolute Gasteiger partial charge is 0.259 e. The third-order valence-corrected chi connectivity index (χ3v) is 5.40. The molecule has 0 aromatic heterocycles. The number of ether oxygens (including phenoxy) is 1. The quantitative estimate of drug-likeness (QED) is 0.243. The molecule has 2 aromatic rings. The van der Waals surface area contributed by atoms with Crippen LogP contribution in [0.25, 0.3) is 0 Å². The Morgan fingerprint density at radius 1 is 1.07 bits per heavy atom. The monoisotopic (exact) mass is 527 g/mol. The van der Waals surface area contributed by atoms with Gasteiger partial charge in [-0.15, -0.1) is 0 Å². The van der Waals surface area contributed by atoms with Crippen molar-refractivity contribution in [1.82, 2.24) is 10.6 Å². The van der Waals surface area contributed by atoms with Crippen molar-refractivity contribution in [2.75, 3.05) is 11.9 Å². The van der Waals surface area contributed by atoms with Gasteiger partial charge in [0.2, 0.25) is 3.79 Å². The second-order valence-corrected chi connectivity index (χ2v) is 9.65. The lowest BCUT2D eigenvalue weighted by atomic mass is 10.2. The summed E-state index contributed by atoms with van der Waals surface area (Å²) >= 11 is 35.0. The second-order valence-electron chi connectivity index (χ2n) is 6.06. The fourth-order valence-corrected chi connectivity index (χ4v) is 3.11. The predicted molar refractivity (Wildman–Crippen MR) is 129 cm³/mol. The molecule has 0 saturated carbocycles. The fraction of sp³-hybridized carbons (Fsp3) is 0.263. The number of thiocarbonyl (C=S) groups is 1. The van der Waals surface area contributed by atoms with Crippen LogP contribution in [0.15, 0.2) is 42.5 Å². The number of amides is 1. The molecule has 1 atom stereocenters. The maximum atomic E-state index is 12.3. The molecule has 0 heterocycles. The van der Waals surface area contributed by atoms with E-state index >= 15 is 0 Å². The minimum absolute atomic E-state index is 0.0982. The molecular weight excluding hydrogens is 512 g/mol. The van der Waals surface area contributed by atoms with Crippen LogP contribution in [-0.2, 0) is 11.2 Å². The van der Waals surface area contributed by atoms with Gasteiger partial charge in [-0.25, -0.2) is 0 Å². The largest absolute Gasteiger partial charge is 0.484 e. The van der Waals surface area contributed by atoms with Crippen LogP contribution in [0, 0.1) is 0 Å². The molecule has 11 heteroatoms. The molecule has 5 nitrogen and oxygen atoms in total. The predicted octanol–water partition coefficient (Wildman–Crippen LogP) is 5.73. The van der Waals surface area contributed by atoms with Crippen molar-refractivity contribution in [3.05, 3.63) is 58.1 Å². The summed E-state index contributed by atoms with van der Waals surface area (Å²) in [4.78, 5) is 12.3. The fourth-order valence-electron chi connectivity index (χ4n) is 2.24. The Kier molecular flexibility index (Phi) is 9.60.